The molecule has 2 aliphatic carbocycles. The molecular formula is C18H21FO2. The first-order valence-electron chi connectivity index (χ1n) is 7.56. The second-order valence-corrected chi connectivity index (χ2v) is 7.03. The van der Waals surface area contributed by atoms with Crippen LogP contribution in [-0.2, 0) is 16.0 Å². The number of ether oxygens (including phenoxy) is 1. The van der Waals surface area contributed by atoms with Crippen LogP contribution in [0.4, 0.5) is 4.39 Å². The fourth-order valence-corrected chi connectivity index (χ4v) is 3.29. The predicted molar refractivity (Wildman–Crippen MR) is 80.2 cm³/mol. The first-order chi connectivity index (χ1) is 9.83. The van der Waals surface area contributed by atoms with Gasteiger partial charge in [0.15, 0.2) is 0 Å². The van der Waals surface area contributed by atoms with Crippen molar-refractivity contribution < 1.29 is 13.9 Å². The third kappa shape index (κ3) is 2.87. The SMILES string of the molecule is CC(C)(C)OC(=O)C1CCC2=C(C1)c1cc(F)ccc1C2. The van der Waals surface area contributed by atoms with Crippen LogP contribution in [0.25, 0.3) is 5.57 Å². The maximum Gasteiger partial charge on any atom is 0.309 e. The lowest BCUT2D eigenvalue weighted by molar-refractivity contribution is -0.160. The quantitative estimate of drug-likeness (QED) is 0.721. The van der Waals surface area contributed by atoms with Crippen molar-refractivity contribution in [3.8, 4) is 0 Å². The number of esters is 1. The molecule has 0 fully saturated rings. The molecule has 3 heteroatoms. The van der Waals surface area contributed by atoms with E-state index in [-0.39, 0.29) is 17.7 Å². The lowest BCUT2D eigenvalue weighted by Crippen LogP contribution is -2.30. The Morgan fingerprint density at radius 3 is 2.81 bits per heavy atom. The highest BCUT2D eigenvalue weighted by Gasteiger charge is 2.33. The van der Waals surface area contributed by atoms with Gasteiger partial charge in [0.05, 0.1) is 5.92 Å². The summed E-state index contributed by atoms with van der Waals surface area (Å²) in [6.45, 7) is 5.66. The molecule has 1 unspecified atom stereocenters. The van der Waals surface area contributed by atoms with Crippen molar-refractivity contribution in [3.05, 3.63) is 40.7 Å². The van der Waals surface area contributed by atoms with Gasteiger partial charge < -0.3 is 4.74 Å². The smallest absolute Gasteiger partial charge is 0.309 e. The summed E-state index contributed by atoms with van der Waals surface area (Å²) in [6.07, 6.45) is 3.34. The van der Waals surface area contributed by atoms with Crippen molar-refractivity contribution in [2.24, 2.45) is 5.92 Å². The second-order valence-electron chi connectivity index (χ2n) is 7.03. The number of carbonyl (C=O) groups is 1. The van der Waals surface area contributed by atoms with Crippen molar-refractivity contribution in [2.75, 3.05) is 0 Å². The fourth-order valence-electron chi connectivity index (χ4n) is 3.29. The van der Waals surface area contributed by atoms with Crippen LogP contribution < -0.4 is 0 Å². The Labute approximate surface area is 125 Å². The van der Waals surface area contributed by atoms with Gasteiger partial charge in [0.25, 0.3) is 0 Å². The van der Waals surface area contributed by atoms with E-state index >= 15 is 0 Å². The number of rotatable bonds is 1. The molecule has 1 aromatic carbocycles. The standard InChI is InChI=1S/C18H21FO2/c1-18(2,3)21-17(20)13-5-4-11-8-12-6-7-14(19)10-16(12)15(11)9-13/h6-7,10,13H,4-5,8-9H2,1-3H3. The predicted octanol–water partition coefficient (Wildman–Crippen LogP) is 4.28. The van der Waals surface area contributed by atoms with Crippen LogP contribution in [0.3, 0.4) is 0 Å². The first kappa shape index (κ1) is 14.3. The zero-order valence-corrected chi connectivity index (χ0v) is 12.8. The fraction of sp³-hybridized carbons (Fsp3) is 0.500. The van der Waals surface area contributed by atoms with Crippen molar-refractivity contribution >= 4 is 11.5 Å². The van der Waals surface area contributed by atoms with E-state index in [1.165, 1.54) is 22.8 Å². The van der Waals surface area contributed by atoms with Crippen LogP contribution in [0.5, 0.6) is 0 Å². The van der Waals surface area contributed by atoms with E-state index in [4.69, 9.17) is 4.74 Å². The van der Waals surface area contributed by atoms with Crippen molar-refractivity contribution in [1.29, 1.82) is 0 Å². The molecule has 0 saturated carbocycles. The van der Waals surface area contributed by atoms with Crippen molar-refractivity contribution in [2.45, 2.75) is 52.1 Å². The van der Waals surface area contributed by atoms with Gasteiger partial charge in [-0.25, -0.2) is 4.39 Å². The van der Waals surface area contributed by atoms with E-state index in [9.17, 15) is 9.18 Å². The molecule has 0 spiro atoms. The van der Waals surface area contributed by atoms with Gasteiger partial charge in [0, 0.05) is 0 Å². The summed E-state index contributed by atoms with van der Waals surface area (Å²) in [6, 6.07) is 4.99. The second kappa shape index (κ2) is 4.97. The Bertz CT molecular complexity index is 623. The normalized spacial score (nSPS) is 21.0. The molecule has 2 aliphatic rings. The number of fused-ring (bicyclic) bond motifs is 2. The van der Waals surface area contributed by atoms with Gasteiger partial charge in [-0.15, -0.1) is 0 Å². The Hall–Kier alpha value is -1.64. The molecule has 0 heterocycles. The van der Waals surface area contributed by atoms with Crippen LogP contribution in [0.15, 0.2) is 23.8 Å². The Morgan fingerprint density at radius 2 is 2.10 bits per heavy atom. The van der Waals surface area contributed by atoms with Crippen LogP contribution in [0.1, 0.15) is 51.2 Å². The molecule has 3 rings (SSSR count). The van der Waals surface area contributed by atoms with Crippen molar-refractivity contribution in [1.82, 2.24) is 0 Å². The molecule has 112 valence electrons. The lowest BCUT2D eigenvalue weighted by Gasteiger charge is -2.27. The molecule has 0 radical (unpaired) electrons. The molecule has 0 N–H and O–H groups in total. The number of hydrogen-bond acceptors (Lipinski definition) is 2. The first-order valence-corrected chi connectivity index (χ1v) is 7.56. The van der Waals surface area contributed by atoms with Crippen molar-refractivity contribution in [3.63, 3.8) is 0 Å². The van der Waals surface area contributed by atoms with Gasteiger partial charge in [-0.1, -0.05) is 11.6 Å². The average Bonchev–Trinajstić information content (AvgIpc) is 2.74. The third-order valence-corrected chi connectivity index (χ3v) is 4.21. The summed E-state index contributed by atoms with van der Waals surface area (Å²) >= 11 is 0. The summed E-state index contributed by atoms with van der Waals surface area (Å²) in [7, 11) is 0. The summed E-state index contributed by atoms with van der Waals surface area (Å²) in [4.78, 5) is 12.3. The molecule has 1 atom stereocenters. The topological polar surface area (TPSA) is 26.3 Å². The van der Waals surface area contributed by atoms with Gasteiger partial charge in [-0.2, -0.15) is 0 Å². The van der Waals surface area contributed by atoms with Crippen LogP contribution in [0.2, 0.25) is 0 Å². The number of halogens is 1. The summed E-state index contributed by atoms with van der Waals surface area (Å²) in [5.41, 5.74) is 4.28. The van der Waals surface area contributed by atoms with E-state index in [0.29, 0.717) is 6.42 Å². The minimum Gasteiger partial charge on any atom is -0.460 e. The Morgan fingerprint density at radius 1 is 1.33 bits per heavy atom. The maximum absolute atomic E-state index is 13.5. The summed E-state index contributed by atoms with van der Waals surface area (Å²) in [5.74, 6) is -0.432. The van der Waals surface area contributed by atoms with Gasteiger partial charge in [-0.05, 0) is 75.3 Å². The van der Waals surface area contributed by atoms with Crippen LogP contribution in [0, 0.1) is 11.7 Å². The largest absolute Gasteiger partial charge is 0.460 e. The number of hydrogen-bond donors (Lipinski definition) is 0. The molecule has 0 amide bonds. The van der Waals surface area contributed by atoms with Gasteiger partial charge in [0.1, 0.15) is 11.4 Å². The van der Waals surface area contributed by atoms with Gasteiger partial charge >= 0.3 is 5.97 Å². The zero-order valence-electron chi connectivity index (χ0n) is 12.8. The number of benzene rings is 1. The molecule has 1 aromatic rings. The molecule has 0 aromatic heterocycles. The highest BCUT2D eigenvalue weighted by molar-refractivity contribution is 5.82. The highest BCUT2D eigenvalue weighted by Crippen LogP contribution is 2.44. The lowest BCUT2D eigenvalue weighted by atomic mass is 9.84. The summed E-state index contributed by atoms with van der Waals surface area (Å²) < 4.78 is 19.0. The minimum absolute atomic E-state index is 0.0998. The van der Waals surface area contributed by atoms with Crippen LogP contribution in [-0.4, -0.2) is 11.6 Å². The van der Waals surface area contributed by atoms with Crippen LogP contribution >= 0.6 is 0 Å². The van der Waals surface area contributed by atoms with Gasteiger partial charge in [0.2, 0.25) is 0 Å². The minimum atomic E-state index is -0.453. The number of allylic oxidation sites excluding steroid dienone is 2. The van der Waals surface area contributed by atoms with E-state index in [1.807, 2.05) is 26.8 Å². The molecule has 2 nitrogen and oxygen atoms in total. The Kier molecular flexibility index (Phi) is 3.39. The van der Waals surface area contributed by atoms with Gasteiger partial charge in [-0.3, -0.25) is 4.79 Å². The molecule has 0 aliphatic heterocycles. The Balaban J connectivity index is 1.81. The molecule has 0 bridgehead atoms. The molecular weight excluding hydrogens is 267 g/mol. The summed E-state index contributed by atoms with van der Waals surface area (Å²) in [5, 5.41) is 0. The third-order valence-electron chi connectivity index (χ3n) is 4.21. The monoisotopic (exact) mass is 288 g/mol. The molecule has 0 saturated heterocycles. The zero-order chi connectivity index (χ0) is 15.2. The van der Waals surface area contributed by atoms with E-state index < -0.39 is 5.60 Å². The molecule has 21 heavy (non-hydrogen) atoms. The van der Waals surface area contributed by atoms with E-state index in [1.54, 1.807) is 6.07 Å². The van der Waals surface area contributed by atoms with E-state index in [0.717, 1.165) is 24.8 Å². The average molecular weight is 288 g/mol. The maximum atomic E-state index is 13.5. The van der Waals surface area contributed by atoms with E-state index in [2.05, 4.69) is 0 Å². The number of carbonyl (C=O) groups excluding carboxylic acids is 1. The highest BCUT2D eigenvalue weighted by atomic mass is 19.1.